The number of aryl methyl sites for hydroxylation is 1. The van der Waals surface area contributed by atoms with E-state index < -0.39 is 0 Å². The molecule has 226 valence electrons. The van der Waals surface area contributed by atoms with Crippen LogP contribution in [0.15, 0.2) is 170 Å². The van der Waals surface area contributed by atoms with Crippen molar-refractivity contribution in [1.82, 2.24) is 0 Å². The molecule has 7 aromatic carbocycles. The van der Waals surface area contributed by atoms with Crippen LogP contribution in [0.5, 0.6) is 0 Å². The van der Waals surface area contributed by atoms with Gasteiger partial charge in [-0.05, 0) is 86.8 Å². The molecule has 0 amide bonds. The monoisotopic (exact) mass is 603 g/mol. The molecular weight excluding hydrogens is 567 g/mol. The van der Waals surface area contributed by atoms with E-state index in [1.54, 1.807) is 0 Å². The summed E-state index contributed by atoms with van der Waals surface area (Å²) in [5.74, 6) is 0. The number of fused-ring (bicyclic) bond motifs is 3. The highest BCUT2D eigenvalue weighted by molar-refractivity contribution is 5.92. The summed E-state index contributed by atoms with van der Waals surface area (Å²) in [4.78, 5) is 2.46. The van der Waals surface area contributed by atoms with Crippen molar-refractivity contribution in [2.45, 2.75) is 26.2 Å². The molecule has 0 heterocycles. The zero-order valence-electron chi connectivity index (χ0n) is 27.1. The van der Waals surface area contributed by atoms with E-state index in [-0.39, 0.29) is 5.41 Å². The number of para-hydroxylation sites is 1. The van der Waals surface area contributed by atoms with Gasteiger partial charge in [0.25, 0.3) is 0 Å². The highest BCUT2D eigenvalue weighted by atomic mass is 15.1. The number of anilines is 3. The van der Waals surface area contributed by atoms with E-state index in [2.05, 4.69) is 196 Å². The second-order valence-corrected chi connectivity index (χ2v) is 13.1. The molecule has 0 saturated carbocycles. The average molecular weight is 604 g/mol. The van der Waals surface area contributed by atoms with Gasteiger partial charge in [-0.25, -0.2) is 0 Å². The number of rotatable bonds is 6. The van der Waals surface area contributed by atoms with Gasteiger partial charge in [0.1, 0.15) is 0 Å². The van der Waals surface area contributed by atoms with Crippen LogP contribution in [0.4, 0.5) is 17.1 Å². The van der Waals surface area contributed by atoms with Crippen LogP contribution in [0.25, 0.3) is 44.5 Å². The van der Waals surface area contributed by atoms with Crippen molar-refractivity contribution in [3.63, 3.8) is 0 Å². The van der Waals surface area contributed by atoms with E-state index in [1.165, 1.54) is 66.9 Å². The van der Waals surface area contributed by atoms with Crippen LogP contribution in [-0.2, 0) is 5.41 Å². The molecule has 0 aromatic heterocycles. The lowest BCUT2D eigenvalue weighted by molar-refractivity contribution is 0.660. The minimum Gasteiger partial charge on any atom is -0.310 e. The van der Waals surface area contributed by atoms with Crippen LogP contribution in [0.3, 0.4) is 0 Å². The molecule has 0 spiro atoms. The van der Waals surface area contributed by atoms with Gasteiger partial charge in [-0.3, -0.25) is 0 Å². The Morgan fingerprint density at radius 1 is 0.383 bits per heavy atom. The molecule has 7 aromatic rings. The van der Waals surface area contributed by atoms with Crippen LogP contribution >= 0.6 is 0 Å². The first kappa shape index (κ1) is 28.8. The molecule has 0 bridgehead atoms. The van der Waals surface area contributed by atoms with E-state index in [4.69, 9.17) is 0 Å². The van der Waals surface area contributed by atoms with Gasteiger partial charge in [0, 0.05) is 22.4 Å². The maximum absolute atomic E-state index is 2.46. The summed E-state index contributed by atoms with van der Waals surface area (Å²) < 4.78 is 0. The number of nitrogens with zero attached hydrogens (tertiary/aromatic N) is 1. The quantitative estimate of drug-likeness (QED) is 0.183. The Balaban J connectivity index is 1.30. The number of hydrogen-bond acceptors (Lipinski definition) is 1. The average Bonchev–Trinajstić information content (AvgIpc) is 3.36. The topological polar surface area (TPSA) is 3.24 Å². The van der Waals surface area contributed by atoms with Crippen molar-refractivity contribution in [2.24, 2.45) is 0 Å². The van der Waals surface area contributed by atoms with Crippen LogP contribution in [0, 0.1) is 6.92 Å². The summed E-state index contributed by atoms with van der Waals surface area (Å²) in [5, 5.41) is 0. The molecule has 0 radical (unpaired) electrons. The maximum atomic E-state index is 2.46. The number of benzene rings is 7. The molecule has 0 atom stereocenters. The van der Waals surface area contributed by atoms with E-state index >= 15 is 0 Å². The summed E-state index contributed by atoms with van der Waals surface area (Å²) in [6, 6.07) is 61.8. The Bertz CT molecular complexity index is 2190. The lowest BCUT2D eigenvalue weighted by Crippen LogP contribution is -2.17. The summed E-state index contributed by atoms with van der Waals surface area (Å²) in [6.45, 7) is 6.94. The minimum atomic E-state index is -0.0907. The first-order valence-electron chi connectivity index (χ1n) is 16.4. The fourth-order valence-electron chi connectivity index (χ4n) is 7.33. The van der Waals surface area contributed by atoms with Gasteiger partial charge in [0.05, 0.1) is 5.69 Å². The van der Waals surface area contributed by atoms with Crippen molar-refractivity contribution in [3.8, 4) is 44.5 Å². The molecule has 0 aliphatic heterocycles. The first-order chi connectivity index (χ1) is 23.0. The second kappa shape index (κ2) is 11.6. The lowest BCUT2D eigenvalue weighted by atomic mass is 9.82. The highest BCUT2D eigenvalue weighted by Crippen LogP contribution is 2.51. The zero-order valence-corrected chi connectivity index (χ0v) is 27.1. The van der Waals surface area contributed by atoms with Crippen molar-refractivity contribution in [1.29, 1.82) is 0 Å². The van der Waals surface area contributed by atoms with Crippen LogP contribution in [0.1, 0.15) is 30.5 Å². The second-order valence-electron chi connectivity index (χ2n) is 13.1. The third-order valence-corrected chi connectivity index (χ3v) is 9.82. The Morgan fingerprint density at radius 2 is 0.872 bits per heavy atom. The maximum Gasteiger partial charge on any atom is 0.0569 e. The normalized spacial score (nSPS) is 12.7. The SMILES string of the molecule is Cc1cccc(-c2ccc(-c3ccccc3)cc2)c1N(c1ccc(-c2ccccc2)cc1)c1ccc2c(c1)C(C)(C)c1ccccc1-2. The van der Waals surface area contributed by atoms with Gasteiger partial charge in [0.15, 0.2) is 0 Å². The molecule has 0 N–H and O–H groups in total. The standard InChI is InChI=1S/C46H37N/c1-32-13-12-19-40(37-23-21-35(22-24-37)33-14-6-4-7-15-33)45(32)47(38-27-25-36(26-28-38)34-16-8-5-9-17-34)39-29-30-42-41-18-10-11-20-43(41)46(2,3)44(42)31-39/h4-31H,1-3H3. The Labute approximate surface area is 278 Å². The van der Waals surface area contributed by atoms with Crippen molar-refractivity contribution in [2.75, 3.05) is 4.90 Å². The molecule has 0 unspecified atom stereocenters. The van der Waals surface area contributed by atoms with Gasteiger partial charge in [-0.1, -0.05) is 159 Å². The van der Waals surface area contributed by atoms with Gasteiger partial charge in [-0.2, -0.15) is 0 Å². The molecule has 47 heavy (non-hydrogen) atoms. The van der Waals surface area contributed by atoms with Crippen LogP contribution in [-0.4, -0.2) is 0 Å². The summed E-state index contributed by atoms with van der Waals surface area (Å²) >= 11 is 0. The van der Waals surface area contributed by atoms with Crippen molar-refractivity contribution in [3.05, 3.63) is 187 Å². The van der Waals surface area contributed by atoms with Crippen LogP contribution < -0.4 is 4.90 Å². The fourth-order valence-corrected chi connectivity index (χ4v) is 7.33. The largest absolute Gasteiger partial charge is 0.310 e. The molecule has 1 aliphatic carbocycles. The molecule has 1 heteroatoms. The lowest BCUT2D eigenvalue weighted by Gasteiger charge is -2.31. The molecule has 0 saturated heterocycles. The summed E-state index contributed by atoms with van der Waals surface area (Å²) in [5.41, 5.74) is 17.3. The van der Waals surface area contributed by atoms with Crippen molar-refractivity contribution >= 4 is 17.1 Å². The Morgan fingerprint density at radius 3 is 1.53 bits per heavy atom. The number of hydrogen-bond donors (Lipinski definition) is 0. The fraction of sp³-hybridized carbons (Fsp3) is 0.0870. The van der Waals surface area contributed by atoms with Crippen molar-refractivity contribution < 1.29 is 0 Å². The summed E-state index contributed by atoms with van der Waals surface area (Å²) in [7, 11) is 0. The highest BCUT2D eigenvalue weighted by Gasteiger charge is 2.36. The Kier molecular flexibility index (Phi) is 7.11. The predicted molar refractivity (Wildman–Crippen MR) is 200 cm³/mol. The Hall–Kier alpha value is -5.66. The smallest absolute Gasteiger partial charge is 0.0569 e. The van der Waals surface area contributed by atoms with E-state index in [9.17, 15) is 0 Å². The molecular formula is C46H37N. The molecule has 1 aliphatic rings. The van der Waals surface area contributed by atoms with Gasteiger partial charge >= 0.3 is 0 Å². The predicted octanol–water partition coefficient (Wildman–Crippen LogP) is 12.8. The third kappa shape index (κ3) is 5.05. The first-order valence-corrected chi connectivity index (χ1v) is 16.4. The van der Waals surface area contributed by atoms with Crippen LogP contribution in [0.2, 0.25) is 0 Å². The summed E-state index contributed by atoms with van der Waals surface area (Å²) in [6.07, 6.45) is 0. The van der Waals surface area contributed by atoms with Gasteiger partial charge in [0.2, 0.25) is 0 Å². The van der Waals surface area contributed by atoms with E-state index in [1.807, 2.05) is 0 Å². The van der Waals surface area contributed by atoms with Gasteiger partial charge in [-0.15, -0.1) is 0 Å². The molecule has 0 fully saturated rings. The van der Waals surface area contributed by atoms with E-state index in [0.29, 0.717) is 0 Å². The molecule has 1 nitrogen and oxygen atoms in total. The molecule has 8 rings (SSSR count). The van der Waals surface area contributed by atoms with E-state index in [0.717, 1.165) is 11.4 Å². The third-order valence-electron chi connectivity index (χ3n) is 9.82. The minimum absolute atomic E-state index is 0.0907. The zero-order chi connectivity index (χ0) is 32.0. The van der Waals surface area contributed by atoms with Gasteiger partial charge < -0.3 is 4.90 Å².